The zero-order valence-electron chi connectivity index (χ0n) is 13.4. The predicted molar refractivity (Wildman–Crippen MR) is 92.7 cm³/mol. The van der Waals surface area contributed by atoms with Gasteiger partial charge in [-0.15, -0.1) is 11.3 Å². The van der Waals surface area contributed by atoms with Gasteiger partial charge in [0.15, 0.2) is 0 Å². The van der Waals surface area contributed by atoms with Gasteiger partial charge in [0.1, 0.15) is 0 Å². The first-order valence-corrected chi connectivity index (χ1v) is 9.21. The fraction of sp³-hybridized carbons (Fsp3) is 0.529. The van der Waals surface area contributed by atoms with E-state index in [4.69, 9.17) is 0 Å². The Hall–Kier alpha value is -1.66. The first kappa shape index (κ1) is 16.2. The molecule has 2 aromatic heterocycles. The van der Waals surface area contributed by atoms with Gasteiger partial charge in [0.2, 0.25) is 0 Å². The molecule has 1 atom stereocenters. The number of likely N-dealkylation sites (tertiary alicyclic amines) is 1. The maximum Gasteiger partial charge on any atom is 0.261 e. The highest BCUT2D eigenvalue weighted by atomic mass is 32.1. The molecule has 1 N–H and O–H groups in total. The number of amides is 1. The van der Waals surface area contributed by atoms with Crippen molar-refractivity contribution in [1.82, 2.24) is 20.0 Å². The first-order valence-electron chi connectivity index (χ1n) is 8.33. The lowest BCUT2D eigenvalue weighted by molar-refractivity contribution is 0.0936. The minimum absolute atomic E-state index is 0.0656. The quantitative estimate of drug-likeness (QED) is 0.847. The SMILES string of the molecule is O=C(NC[C@H]1CCCN(CCCn2cccn2)C1)c1cccs1. The Morgan fingerprint density at radius 2 is 2.35 bits per heavy atom. The van der Waals surface area contributed by atoms with Crippen molar-refractivity contribution in [2.24, 2.45) is 5.92 Å². The van der Waals surface area contributed by atoms with Gasteiger partial charge in [0.25, 0.3) is 5.91 Å². The minimum atomic E-state index is 0.0656. The molecule has 1 fully saturated rings. The zero-order valence-corrected chi connectivity index (χ0v) is 14.2. The smallest absolute Gasteiger partial charge is 0.261 e. The molecule has 0 spiro atoms. The molecule has 6 heteroatoms. The van der Waals surface area contributed by atoms with Gasteiger partial charge in [-0.2, -0.15) is 5.10 Å². The highest BCUT2D eigenvalue weighted by molar-refractivity contribution is 7.12. The lowest BCUT2D eigenvalue weighted by Crippen LogP contribution is -2.41. The van der Waals surface area contributed by atoms with Crippen LogP contribution in [0.4, 0.5) is 0 Å². The summed E-state index contributed by atoms with van der Waals surface area (Å²) < 4.78 is 1.99. The number of nitrogens with zero attached hydrogens (tertiary/aromatic N) is 3. The fourth-order valence-corrected chi connectivity index (χ4v) is 3.78. The summed E-state index contributed by atoms with van der Waals surface area (Å²) in [7, 11) is 0. The summed E-state index contributed by atoms with van der Waals surface area (Å²) in [5.74, 6) is 0.633. The Balaban J connectivity index is 1.37. The Bertz CT molecular complexity index is 582. The van der Waals surface area contributed by atoms with Crippen molar-refractivity contribution in [2.75, 3.05) is 26.2 Å². The summed E-state index contributed by atoms with van der Waals surface area (Å²) in [6.07, 6.45) is 7.39. The van der Waals surface area contributed by atoms with Gasteiger partial charge >= 0.3 is 0 Å². The van der Waals surface area contributed by atoms with E-state index in [0.717, 1.165) is 37.5 Å². The average Bonchev–Trinajstić information content (AvgIpc) is 3.26. The van der Waals surface area contributed by atoms with E-state index in [0.29, 0.717) is 5.92 Å². The van der Waals surface area contributed by atoms with Crippen LogP contribution in [0.2, 0.25) is 0 Å². The van der Waals surface area contributed by atoms with Crippen LogP contribution in [0.25, 0.3) is 0 Å². The normalized spacial score (nSPS) is 18.9. The molecule has 1 aliphatic heterocycles. The van der Waals surface area contributed by atoms with Crippen LogP contribution in [0.1, 0.15) is 28.9 Å². The number of aromatic nitrogens is 2. The van der Waals surface area contributed by atoms with Crippen molar-refractivity contribution in [3.05, 3.63) is 40.8 Å². The monoisotopic (exact) mass is 332 g/mol. The fourth-order valence-electron chi connectivity index (χ4n) is 3.14. The number of piperidine rings is 1. The van der Waals surface area contributed by atoms with Gasteiger partial charge in [0, 0.05) is 32.0 Å². The summed E-state index contributed by atoms with van der Waals surface area (Å²) in [5.41, 5.74) is 0. The van der Waals surface area contributed by atoms with Crippen molar-refractivity contribution in [3.63, 3.8) is 0 Å². The molecule has 1 saturated heterocycles. The lowest BCUT2D eigenvalue weighted by atomic mass is 9.98. The Morgan fingerprint density at radius 3 is 3.13 bits per heavy atom. The highest BCUT2D eigenvalue weighted by Crippen LogP contribution is 2.16. The summed E-state index contributed by atoms with van der Waals surface area (Å²) in [6, 6.07) is 5.76. The molecule has 0 bridgehead atoms. The zero-order chi connectivity index (χ0) is 15.9. The molecule has 5 nitrogen and oxygen atoms in total. The second-order valence-electron chi connectivity index (χ2n) is 6.12. The number of carbonyl (C=O) groups excluding carboxylic acids is 1. The maximum atomic E-state index is 12.0. The average molecular weight is 332 g/mol. The number of nitrogens with one attached hydrogen (secondary N) is 1. The molecule has 1 amide bonds. The lowest BCUT2D eigenvalue weighted by Gasteiger charge is -2.32. The second-order valence-corrected chi connectivity index (χ2v) is 7.07. The van der Waals surface area contributed by atoms with Gasteiger partial charge in [-0.05, 0) is 55.8 Å². The van der Waals surface area contributed by atoms with Crippen LogP contribution in [-0.4, -0.2) is 46.8 Å². The predicted octanol–water partition coefficient (Wildman–Crippen LogP) is 2.48. The number of carbonyl (C=O) groups is 1. The third kappa shape index (κ3) is 4.91. The summed E-state index contributed by atoms with van der Waals surface area (Å²) >= 11 is 1.50. The van der Waals surface area contributed by atoms with E-state index in [2.05, 4.69) is 15.3 Å². The van der Waals surface area contributed by atoms with Crippen LogP contribution in [-0.2, 0) is 6.54 Å². The molecule has 2 aromatic rings. The van der Waals surface area contributed by atoms with E-state index in [9.17, 15) is 4.79 Å². The van der Waals surface area contributed by atoms with Gasteiger partial charge in [-0.1, -0.05) is 6.07 Å². The van der Waals surface area contributed by atoms with Gasteiger partial charge in [0.05, 0.1) is 4.88 Å². The molecule has 3 rings (SSSR count). The Labute approximate surface area is 141 Å². The molecule has 3 heterocycles. The van der Waals surface area contributed by atoms with Crippen molar-refractivity contribution in [3.8, 4) is 0 Å². The van der Waals surface area contributed by atoms with E-state index in [-0.39, 0.29) is 5.91 Å². The van der Waals surface area contributed by atoms with Crippen LogP contribution < -0.4 is 5.32 Å². The van der Waals surface area contributed by atoms with E-state index in [1.54, 1.807) is 0 Å². The molecule has 1 aliphatic rings. The van der Waals surface area contributed by atoms with Crippen molar-refractivity contribution < 1.29 is 4.79 Å². The van der Waals surface area contributed by atoms with E-state index >= 15 is 0 Å². The maximum absolute atomic E-state index is 12.0. The van der Waals surface area contributed by atoms with Gasteiger partial charge in [-0.25, -0.2) is 0 Å². The van der Waals surface area contributed by atoms with Crippen LogP contribution in [0.5, 0.6) is 0 Å². The van der Waals surface area contributed by atoms with Crippen molar-refractivity contribution >= 4 is 17.2 Å². The number of hydrogen-bond acceptors (Lipinski definition) is 4. The molecule has 0 saturated carbocycles. The summed E-state index contributed by atoms with van der Waals surface area (Å²) in [6.45, 7) is 5.13. The summed E-state index contributed by atoms with van der Waals surface area (Å²) in [4.78, 5) is 15.3. The second kappa shape index (κ2) is 8.26. The molecule has 0 aromatic carbocycles. The molecule has 0 unspecified atom stereocenters. The minimum Gasteiger partial charge on any atom is -0.351 e. The first-order chi connectivity index (χ1) is 11.3. The highest BCUT2D eigenvalue weighted by Gasteiger charge is 2.20. The van der Waals surface area contributed by atoms with Crippen molar-refractivity contribution in [2.45, 2.75) is 25.8 Å². The summed E-state index contributed by atoms with van der Waals surface area (Å²) in [5, 5.41) is 9.26. The number of aryl methyl sites for hydroxylation is 1. The molecule has 124 valence electrons. The third-order valence-corrected chi connectivity index (χ3v) is 5.19. The standard InChI is InChI=1S/C17H24N4OS/c22-17(16-6-2-12-23-16)18-13-15-5-1-8-20(14-15)9-4-11-21-10-3-7-19-21/h2-3,6-7,10,12,15H,1,4-5,8-9,11,13-14H2,(H,18,22)/t15-/m1/s1. The van der Waals surface area contributed by atoms with Crippen LogP contribution in [0.3, 0.4) is 0 Å². The van der Waals surface area contributed by atoms with E-state index in [1.165, 1.54) is 30.7 Å². The van der Waals surface area contributed by atoms with Gasteiger partial charge < -0.3 is 10.2 Å². The molecular formula is C17H24N4OS. The van der Waals surface area contributed by atoms with Crippen molar-refractivity contribution in [1.29, 1.82) is 0 Å². The molecular weight excluding hydrogens is 308 g/mol. The number of hydrogen-bond donors (Lipinski definition) is 1. The third-order valence-electron chi connectivity index (χ3n) is 4.32. The Kier molecular flexibility index (Phi) is 5.82. The van der Waals surface area contributed by atoms with Crippen LogP contribution in [0, 0.1) is 5.92 Å². The van der Waals surface area contributed by atoms with Gasteiger partial charge in [-0.3, -0.25) is 9.48 Å². The number of rotatable bonds is 7. The molecule has 0 aliphatic carbocycles. The Morgan fingerprint density at radius 1 is 1.39 bits per heavy atom. The molecule has 0 radical (unpaired) electrons. The van der Waals surface area contributed by atoms with Crippen LogP contribution in [0.15, 0.2) is 36.0 Å². The largest absolute Gasteiger partial charge is 0.351 e. The number of thiophene rings is 1. The van der Waals surface area contributed by atoms with Crippen LogP contribution >= 0.6 is 11.3 Å². The van der Waals surface area contributed by atoms with E-state index in [1.807, 2.05) is 40.7 Å². The molecule has 23 heavy (non-hydrogen) atoms. The van der Waals surface area contributed by atoms with E-state index < -0.39 is 0 Å². The topological polar surface area (TPSA) is 50.2 Å².